The van der Waals surface area contributed by atoms with Crippen LogP contribution in [-0.2, 0) is 4.79 Å². The Morgan fingerprint density at radius 2 is 1.67 bits per heavy atom. The number of hydrogen-bond donors (Lipinski definition) is 1. The molecule has 0 heterocycles. The summed E-state index contributed by atoms with van der Waals surface area (Å²) in [5.41, 5.74) is -0.0803. The summed E-state index contributed by atoms with van der Waals surface area (Å²) in [4.78, 5) is 14.7. The molecule has 12 heavy (non-hydrogen) atoms. The second kappa shape index (κ2) is 5.35. The molecule has 2 nitrogen and oxygen atoms in total. The number of carbonyl (C=O) groups is 1. The number of amides is 1. The van der Waals surface area contributed by atoms with Crippen molar-refractivity contribution in [3.8, 4) is 0 Å². The van der Waals surface area contributed by atoms with Gasteiger partial charge >= 0.3 is 0 Å². The molecule has 0 aliphatic heterocycles. The smallest absolute Gasteiger partial charge is 0.217 e. The number of nitrogens with one attached hydrogen (secondary N) is 1. The van der Waals surface area contributed by atoms with Gasteiger partial charge in [-0.3, -0.25) is 4.79 Å². The van der Waals surface area contributed by atoms with E-state index >= 15 is 0 Å². The third-order valence-electron chi connectivity index (χ3n) is 2.85. The van der Waals surface area contributed by atoms with E-state index in [0.717, 1.165) is 19.3 Å². The number of rotatable bonds is 5. The Kier molecular flexibility index (Phi) is 5.21. The molecular formula is C9H21NOSi. The van der Waals surface area contributed by atoms with Crippen molar-refractivity contribution in [1.29, 1.82) is 0 Å². The van der Waals surface area contributed by atoms with Crippen molar-refractivity contribution >= 4 is 15.6 Å². The highest BCUT2D eigenvalue weighted by atomic mass is 28.2. The van der Waals surface area contributed by atoms with Gasteiger partial charge in [0.25, 0.3) is 0 Å². The minimum Gasteiger partial charge on any atom is -0.387 e. The van der Waals surface area contributed by atoms with E-state index in [4.69, 9.17) is 0 Å². The van der Waals surface area contributed by atoms with Crippen LogP contribution in [0.3, 0.4) is 0 Å². The van der Waals surface area contributed by atoms with Crippen LogP contribution < -0.4 is 4.98 Å². The number of carbonyl (C=O) groups excluding carboxylic acids is 1. The molecule has 0 aliphatic carbocycles. The Morgan fingerprint density at radius 3 is 1.92 bits per heavy atom. The Hall–Kier alpha value is -0.313. The summed E-state index contributed by atoms with van der Waals surface area (Å²) in [7, 11) is -0.341. The van der Waals surface area contributed by atoms with Gasteiger partial charge in [-0.25, -0.2) is 0 Å². The molecule has 0 fully saturated rings. The topological polar surface area (TPSA) is 29.1 Å². The molecule has 3 heteroatoms. The summed E-state index contributed by atoms with van der Waals surface area (Å²) in [5, 5.41) is 0. The van der Waals surface area contributed by atoms with Gasteiger partial charge in [-0.15, -0.1) is 0 Å². The average Bonchev–Trinajstić information content (AvgIpc) is 2.09. The first-order valence-corrected chi connectivity index (χ1v) is 7.07. The monoisotopic (exact) mass is 187 g/mol. The second-order valence-corrected chi connectivity index (χ2v) is 4.26. The van der Waals surface area contributed by atoms with E-state index in [1.807, 2.05) is 0 Å². The fourth-order valence-electron chi connectivity index (χ4n) is 1.58. The van der Waals surface area contributed by atoms with Crippen molar-refractivity contribution < 1.29 is 4.79 Å². The van der Waals surface area contributed by atoms with E-state index in [1.165, 1.54) is 0 Å². The summed E-state index contributed by atoms with van der Waals surface area (Å²) in [5.74, 6) is 0.282. The van der Waals surface area contributed by atoms with Crippen molar-refractivity contribution in [2.24, 2.45) is 5.41 Å². The van der Waals surface area contributed by atoms with Crippen molar-refractivity contribution in [2.75, 3.05) is 0 Å². The Morgan fingerprint density at radius 1 is 1.25 bits per heavy atom. The van der Waals surface area contributed by atoms with Gasteiger partial charge in [-0.2, -0.15) is 0 Å². The second-order valence-electron chi connectivity index (χ2n) is 3.20. The fourth-order valence-corrected chi connectivity index (χ4v) is 2.28. The summed E-state index contributed by atoms with van der Waals surface area (Å²) in [6.45, 7) is 8.40. The third kappa shape index (κ3) is 2.34. The fraction of sp³-hybridized carbons (Fsp3) is 0.889. The molecule has 0 rings (SSSR count). The van der Waals surface area contributed by atoms with Crippen LogP contribution in [-0.4, -0.2) is 15.6 Å². The molecule has 0 radical (unpaired) electrons. The lowest BCUT2D eigenvalue weighted by Gasteiger charge is -2.28. The van der Waals surface area contributed by atoms with E-state index in [0.29, 0.717) is 0 Å². The van der Waals surface area contributed by atoms with Gasteiger partial charge < -0.3 is 4.98 Å². The predicted octanol–water partition coefficient (Wildman–Crippen LogP) is 1.45. The zero-order chi connectivity index (χ0) is 9.61. The van der Waals surface area contributed by atoms with E-state index in [1.54, 1.807) is 0 Å². The first-order chi connectivity index (χ1) is 5.66. The number of hydrogen-bond acceptors (Lipinski definition) is 1. The molecular weight excluding hydrogens is 166 g/mol. The summed E-state index contributed by atoms with van der Waals surface area (Å²) < 4.78 is 0. The summed E-state index contributed by atoms with van der Waals surface area (Å²) >= 11 is 0. The highest BCUT2D eigenvalue weighted by molar-refractivity contribution is 6.35. The summed E-state index contributed by atoms with van der Waals surface area (Å²) in [6, 6.07) is 0. The van der Waals surface area contributed by atoms with Crippen molar-refractivity contribution in [3.63, 3.8) is 0 Å². The SMILES string of the molecule is CCC(CC)(CC)C(=O)N[SiH2]C. The van der Waals surface area contributed by atoms with Crippen LogP contribution in [0, 0.1) is 5.41 Å². The van der Waals surface area contributed by atoms with Gasteiger partial charge in [0.15, 0.2) is 0 Å². The van der Waals surface area contributed by atoms with E-state index < -0.39 is 0 Å². The summed E-state index contributed by atoms with van der Waals surface area (Å²) in [6.07, 6.45) is 2.88. The average molecular weight is 187 g/mol. The maximum atomic E-state index is 11.7. The zero-order valence-corrected chi connectivity index (χ0v) is 10.2. The molecule has 1 amide bonds. The molecule has 0 saturated carbocycles. The Bertz CT molecular complexity index is 135. The predicted molar refractivity (Wildman–Crippen MR) is 55.9 cm³/mol. The van der Waals surface area contributed by atoms with E-state index in [-0.39, 0.29) is 21.0 Å². The Balaban J connectivity index is 4.36. The molecule has 0 aromatic carbocycles. The van der Waals surface area contributed by atoms with Gasteiger partial charge in [-0.05, 0) is 19.3 Å². The third-order valence-corrected chi connectivity index (χ3v) is 3.52. The standard InChI is InChI=1S/C9H21NOSi/c1-5-9(6-2,7-3)8(11)10-12-4/h5-7,12H2,1-4H3,(H,10,11). The van der Waals surface area contributed by atoms with Gasteiger partial charge in [0.05, 0.1) is 0 Å². The molecule has 0 unspecified atom stereocenters. The molecule has 72 valence electrons. The van der Waals surface area contributed by atoms with Gasteiger partial charge in [0, 0.05) is 5.41 Å². The van der Waals surface area contributed by atoms with Crippen LogP contribution in [0.15, 0.2) is 0 Å². The van der Waals surface area contributed by atoms with Crippen LogP contribution in [0.1, 0.15) is 40.0 Å². The van der Waals surface area contributed by atoms with E-state index in [9.17, 15) is 4.79 Å². The molecule has 0 aromatic heterocycles. The van der Waals surface area contributed by atoms with E-state index in [2.05, 4.69) is 32.3 Å². The molecule has 0 spiro atoms. The largest absolute Gasteiger partial charge is 0.387 e. The normalized spacial score (nSPS) is 12.3. The lowest BCUT2D eigenvalue weighted by Crippen LogP contribution is -2.40. The molecule has 0 bridgehead atoms. The highest BCUT2D eigenvalue weighted by Crippen LogP contribution is 2.30. The first kappa shape index (κ1) is 11.7. The van der Waals surface area contributed by atoms with Gasteiger partial charge in [0.2, 0.25) is 5.91 Å². The minimum absolute atomic E-state index is 0.0803. The van der Waals surface area contributed by atoms with Crippen LogP contribution in [0.4, 0.5) is 0 Å². The Labute approximate surface area is 78.0 Å². The van der Waals surface area contributed by atoms with Crippen molar-refractivity contribution in [3.05, 3.63) is 0 Å². The lowest BCUT2D eigenvalue weighted by atomic mass is 9.79. The highest BCUT2D eigenvalue weighted by Gasteiger charge is 2.31. The molecule has 0 saturated heterocycles. The van der Waals surface area contributed by atoms with Crippen molar-refractivity contribution in [1.82, 2.24) is 4.98 Å². The van der Waals surface area contributed by atoms with Crippen LogP contribution >= 0.6 is 0 Å². The quantitative estimate of drug-likeness (QED) is 0.649. The maximum absolute atomic E-state index is 11.7. The van der Waals surface area contributed by atoms with Gasteiger partial charge in [0.1, 0.15) is 9.68 Å². The van der Waals surface area contributed by atoms with Crippen LogP contribution in [0.25, 0.3) is 0 Å². The van der Waals surface area contributed by atoms with Crippen LogP contribution in [0.2, 0.25) is 6.55 Å². The molecule has 0 atom stereocenters. The van der Waals surface area contributed by atoms with Gasteiger partial charge in [-0.1, -0.05) is 27.3 Å². The molecule has 0 aromatic rings. The zero-order valence-electron chi connectivity index (χ0n) is 8.74. The molecule has 1 N–H and O–H groups in total. The lowest BCUT2D eigenvalue weighted by molar-refractivity contribution is -0.129. The minimum atomic E-state index is -0.341. The molecule has 0 aliphatic rings. The maximum Gasteiger partial charge on any atom is 0.217 e. The van der Waals surface area contributed by atoms with Crippen molar-refractivity contribution in [2.45, 2.75) is 46.6 Å². The first-order valence-electron chi connectivity index (χ1n) is 4.95. The van der Waals surface area contributed by atoms with Crippen LogP contribution in [0.5, 0.6) is 0 Å².